The number of carbonyl (C=O) groups is 1. The van der Waals surface area contributed by atoms with Crippen LogP contribution in [0.1, 0.15) is 47.5 Å². The zero-order chi connectivity index (χ0) is 22.0. The summed E-state index contributed by atoms with van der Waals surface area (Å²) in [7, 11) is 2.96. The molecule has 0 saturated carbocycles. The summed E-state index contributed by atoms with van der Waals surface area (Å²) in [5, 5.41) is 0.445. The summed E-state index contributed by atoms with van der Waals surface area (Å²) < 4.78 is 25.3. The van der Waals surface area contributed by atoms with Gasteiger partial charge < -0.3 is 19.3 Å². The maximum absolute atomic E-state index is 14.8. The lowest BCUT2D eigenvalue weighted by molar-refractivity contribution is 0.0593. The fraction of sp³-hybridized carbons (Fsp3) is 0.565. The smallest absolute Gasteiger partial charge is 0.265 e. The molecule has 0 N–H and O–H groups in total. The first-order valence-electron chi connectivity index (χ1n) is 10.9. The molecular formula is C23H30FN3O3S. The topological polar surface area (TPSA) is 54.9 Å². The number of thiazole rings is 1. The van der Waals surface area contributed by atoms with Gasteiger partial charge in [-0.2, -0.15) is 0 Å². The van der Waals surface area contributed by atoms with Crippen molar-refractivity contribution in [3.8, 4) is 22.1 Å². The van der Waals surface area contributed by atoms with Crippen LogP contribution in [0, 0.1) is 12.7 Å². The van der Waals surface area contributed by atoms with E-state index >= 15 is 0 Å². The number of aryl methyl sites for hydroxylation is 1. The molecule has 2 saturated heterocycles. The quantitative estimate of drug-likeness (QED) is 0.682. The number of likely N-dealkylation sites (tertiary alicyclic amines) is 2. The molecule has 168 valence electrons. The Labute approximate surface area is 187 Å². The summed E-state index contributed by atoms with van der Waals surface area (Å²) in [6.07, 6.45) is 5.93. The van der Waals surface area contributed by atoms with E-state index < -0.39 is 5.82 Å². The number of ether oxygens (including phenoxy) is 2. The molecule has 2 fully saturated rings. The molecule has 1 amide bonds. The van der Waals surface area contributed by atoms with Crippen molar-refractivity contribution in [2.45, 2.75) is 45.1 Å². The average Bonchev–Trinajstić information content (AvgIpc) is 3.19. The summed E-state index contributed by atoms with van der Waals surface area (Å²) in [5.41, 5.74) is 0.889. The monoisotopic (exact) mass is 447 g/mol. The summed E-state index contributed by atoms with van der Waals surface area (Å²) in [5.74, 6) is 0.226. The van der Waals surface area contributed by atoms with Gasteiger partial charge in [-0.05, 0) is 45.7 Å². The number of hydrogen-bond acceptors (Lipinski definition) is 6. The van der Waals surface area contributed by atoms with Crippen molar-refractivity contribution in [3.05, 3.63) is 28.5 Å². The maximum atomic E-state index is 14.8. The van der Waals surface area contributed by atoms with Crippen molar-refractivity contribution in [3.63, 3.8) is 0 Å². The van der Waals surface area contributed by atoms with Crippen LogP contribution in [0.25, 0.3) is 10.6 Å². The van der Waals surface area contributed by atoms with E-state index in [0.29, 0.717) is 33.1 Å². The predicted molar refractivity (Wildman–Crippen MR) is 120 cm³/mol. The lowest BCUT2D eigenvalue weighted by atomic mass is 10.00. The number of nitrogens with zero attached hydrogens (tertiary/aromatic N) is 3. The summed E-state index contributed by atoms with van der Waals surface area (Å²) in [6, 6.07) is 3.52. The molecule has 8 heteroatoms. The highest BCUT2D eigenvalue weighted by Crippen LogP contribution is 2.39. The molecule has 0 bridgehead atoms. The van der Waals surface area contributed by atoms with E-state index in [1.807, 2.05) is 11.8 Å². The van der Waals surface area contributed by atoms with E-state index in [9.17, 15) is 9.18 Å². The third kappa shape index (κ3) is 4.55. The van der Waals surface area contributed by atoms with E-state index in [0.717, 1.165) is 25.9 Å². The molecule has 1 aromatic heterocycles. The molecule has 0 spiro atoms. The summed E-state index contributed by atoms with van der Waals surface area (Å²) >= 11 is 1.23. The number of aromatic nitrogens is 1. The molecule has 2 aromatic rings. The minimum absolute atomic E-state index is 0.00812. The second-order valence-electron chi connectivity index (χ2n) is 8.24. The van der Waals surface area contributed by atoms with E-state index in [2.05, 4.69) is 9.88 Å². The van der Waals surface area contributed by atoms with Gasteiger partial charge in [0.1, 0.15) is 27.2 Å². The van der Waals surface area contributed by atoms with Crippen molar-refractivity contribution in [2.24, 2.45) is 0 Å². The first kappa shape index (κ1) is 22.0. The van der Waals surface area contributed by atoms with Crippen molar-refractivity contribution < 1.29 is 18.7 Å². The Kier molecular flexibility index (Phi) is 6.77. The fourth-order valence-electron chi connectivity index (χ4n) is 4.61. The van der Waals surface area contributed by atoms with Crippen LogP contribution in [0.2, 0.25) is 0 Å². The van der Waals surface area contributed by atoms with Crippen LogP contribution in [0.15, 0.2) is 12.1 Å². The number of halogens is 1. The number of benzene rings is 1. The lowest BCUT2D eigenvalue weighted by Gasteiger charge is -2.40. The first-order valence-corrected chi connectivity index (χ1v) is 11.8. The molecule has 31 heavy (non-hydrogen) atoms. The van der Waals surface area contributed by atoms with E-state index in [-0.39, 0.29) is 11.5 Å². The largest absolute Gasteiger partial charge is 0.497 e. The number of piperidine rings is 2. The second kappa shape index (κ2) is 9.53. The number of rotatable bonds is 5. The van der Waals surface area contributed by atoms with Gasteiger partial charge in [0, 0.05) is 31.3 Å². The molecule has 0 atom stereocenters. The van der Waals surface area contributed by atoms with Gasteiger partial charge in [-0.25, -0.2) is 9.37 Å². The SMILES string of the molecule is COc1cc(F)c(-c2nc(C)c(C(=O)N3CCC(N4CCCCC4)CC3)s2)c(OC)c1. The molecule has 0 radical (unpaired) electrons. The molecule has 1 aromatic carbocycles. The summed E-state index contributed by atoms with van der Waals surface area (Å²) in [6.45, 7) is 5.69. The van der Waals surface area contributed by atoms with Crippen molar-refractivity contribution in [1.82, 2.24) is 14.8 Å². The third-order valence-electron chi connectivity index (χ3n) is 6.35. The van der Waals surface area contributed by atoms with Gasteiger partial charge in [0.25, 0.3) is 5.91 Å². The molecule has 3 heterocycles. The van der Waals surface area contributed by atoms with Crippen LogP contribution < -0.4 is 9.47 Å². The van der Waals surface area contributed by atoms with Gasteiger partial charge in [0.05, 0.1) is 25.5 Å². The Morgan fingerprint density at radius 3 is 2.45 bits per heavy atom. The van der Waals surface area contributed by atoms with Gasteiger partial charge in [-0.1, -0.05) is 6.42 Å². The van der Waals surface area contributed by atoms with Crippen LogP contribution in [0.4, 0.5) is 4.39 Å². The van der Waals surface area contributed by atoms with E-state index in [1.165, 1.54) is 64.0 Å². The van der Waals surface area contributed by atoms with Crippen LogP contribution in [0.3, 0.4) is 0 Å². The van der Waals surface area contributed by atoms with Crippen LogP contribution in [0.5, 0.6) is 11.5 Å². The highest BCUT2D eigenvalue weighted by molar-refractivity contribution is 7.17. The standard InChI is InChI=1S/C23H30FN3O3S/c1-15-21(23(28)27-11-7-16(8-12-27)26-9-5-4-6-10-26)31-22(25-15)20-18(24)13-17(29-2)14-19(20)30-3/h13-14,16H,4-12H2,1-3H3. The van der Waals surface area contributed by atoms with Crippen LogP contribution >= 0.6 is 11.3 Å². The molecule has 6 nitrogen and oxygen atoms in total. The van der Waals surface area contributed by atoms with Crippen LogP contribution in [-0.2, 0) is 0 Å². The van der Waals surface area contributed by atoms with Crippen molar-refractivity contribution in [2.75, 3.05) is 40.4 Å². The highest BCUT2D eigenvalue weighted by atomic mass is 32.1. The Morgan fingerprint density at radius 2 is 1.81 bits per heavy atom. The first-order chi connectivity index (χ1) is 15.0. The van der Waals surface area contributed by atoms with Crippen molar-refractivity contribution in [1.29, 1.82) is 0 Å². The van der Waals surface area contributed by atoms with E-state index in [4.69, 9.17) is 9.47 Å². The molecule has 2 aliphatic rings. The minimum Gasteiger partial charge on any atom is -0.497 e. The lowest BCUT2D eigenvalue weighted by Crippen LogP contribution is -2.48. The van der Waals surface area contributed by atoms with Gasteiger partial charge in [-0.3, -0.25) is 4.79 Å². The Bertz CT molecular complexity index is 934. The molecule has 4 rings (SSSR count). The second-order valence-corrected chi connectivity index (χ2v) is 9.24. The number of hydrogen-bond donors (Lipinski definition) is 0. The predicted octanol–water partition coefficient (Wildman–Crippen LogP) is 4.37. The van der Waals surface area contributed by atoms with Gasteiger partial charge >= 0.3 is 0 Å². The van der Waals surface area contributed by atoms with E-state index in [1.54, 1.807) is 6.07 Å². The third-order valence-corrected chi connectivity index (χ3v) is 7.51. The highest BCUT2D eigenvalue weighted by Gasteiger charge is 2.30. The Hall–Kier alpha value is -2.19. The molecule has 0 unspecified atom stereocenters. The number of methoxy groups -OCH3 is 2. The zero-order valence-corrected chi connectivity index (χ0v) is 19.3. The molecular weight excluding hydrogens is 417 g/mol. The average molecular weight is 448 g/mol. The van der Waals surface area contributed by atoms with Gasteiger partial charge in [-0.15, -0.1) is 11.3 Å². The Balaban J connectivity index is 1.50. The van der Waals surface area contributed by atoms with Gasteiger partial charge in [0.2, 0.25) is 0 Å². The minimum atomic E-state index is -0.480. The van der Waals surface area contributed by atoms with Gasteiger partial charge in [0.15, 0.2) is 0 Å². The summed E-state index contributed by atoms with van der Waals surface area (Å²) in [4.78, 5) is 22.8. The van der Waals surface area contributed by atoms with Crippen LogP contribution in [-0.4, -0.2) is 67.1 Å². The number of amides is 1. The zero-order valence-electron chi connectivity index (χ0n) is 18.4. The number of carbonyl (C=O) groups excluding carboxylic acids is 1. The molecule has 0 aliphatic carbocycles. The maximum Gasteiger partial charge on any atom is 0.265 e. The fourth-order valence-corrected chi connectivity index (χ4v) is 5.69. The normalized spacial score (nSPS) is 18.3. The molecule has 2 aliphatic heterocycles. The Morgan fingerprint density at radius 1 is 1.10 bits per heavy atom. The van der Waals surface area contributed by atoms with Crippen molar-refractivity contribution >= 4 is 17.2 Å².